The molecule has 2 aromatic rings. The number of hydrogen-bond donors (Lipinski definition) is 1. The van der Waals surface area contributed by atoms with Crippen LogP contribution in [0.5, 0.6) is 0 Å². The third-order valence-electron chi connectivity index (χ3n) is 2.15. The minimum atomic E-state index is -0.312. The normalized spacial score (nSPS) is 12.7. The molecule has 1 atom stereocenters. The third kappa shape index (κ3) is 2.70. The van der Waals surface area contributed by atoms with E-state index in [1.807, 2.05) is 30.5 Å². The van der Waals surface area contributed by atoms with Gasteiger partial charge in [0.05, 0.1) is 6.10 Å². The van der Waals surface area contributed by atoms with Crippen molar-refractivity contribution in [3.05, 3.63) is 39.8 Å². The highest BCUT2D eigenvalue weighted by Crippen LogP contribution is 2.31. The van der Waals surface area contributed by atoms with Crippen LogP contribution in [0.25, 0.3) is 10.6 Å². The van der Waals surface area contributed by atoms with E-state index in [2.05, 4.69) is 20.9 Å². The van der Waals surface area contributed by atoms with Crippen molar-refractivity contribution in [3.8, 4) is 10.6 Å². The number of benzene rings is 1. The molecular weight excluding hydrogens is 286 g/mol. The summed E-state index contributed by atoms with van der Waals surface area (Å²) in [6.07, 6.45) is 2.20. The fourth-order valence-electron chi connectivity index (χ4n) is 1.45. The molecule has 2 rings (SSSR count). The summed E-state index contributed by atoms with van der Waals surface area (Å²) >= 11 is 5.14. The van der Waals surface area contributed by atoms with Gasteiger partial charge in [-0.25, -0.2) is 4.98 Å². The highest BCUT2D eigenvalue weighted by Gasteiger charge is 2.08. The first-order valence-corrected chi connectivity index (χ1v) is 6.65. The lowest BCUT2D eigenvalue weighted by Gasteiger charge is -2.00. The average molecular weight is 298 g/mol. The summed E-state index contributed by atoms with van der Waals surface area (Å²) in [5.41, 5.74) is 1.10. The van der Waals surface area contributed by atoms with E-state index in [0.29, 0.717) is 6.42 Å². The number of nitrogens with zero attached hydrogens (tertiary/aromatic N) is 1. The summed E-state index contributed by atoms with van der Waals surface area (Å²) in [7, 11) is 0. The molecule has 0 aliphatic carbocycles. The molecule has 1 heterocycles. The second kappa shape index (κ2) is 5.08. The fraction of sp³-hybridized carbons (Fsp3) is 0.250. The number of halogens is 1. The van der Waals surface area contributed by atoms with E-state index < -0.39 is 0 Å². The molecule has 0 spiro atoms. The Bertz CT molecular complexity index is 481. The van der Waals surface area contributed by atoms with Gasteiger partial charge < -0.3 is 5.11 Å². The Labute approximate surface area is 107 Å². The van der Waals surface area contributed by atoms with Crippen LogP contribution >= 0.6 is 27.3 Å². The van der Waals surface area contributed by atoms with Crippen molar-refractivity contribution in [2.24, 2.45) is 0 Å². The molecular formula is C12H12BrNOS. The summed E-state index contributed by atoms with van der Waals surface area (Å²) in [5, 5.41) is 10.3. The number of thiazole rings is 1. The maximum atomic E-state index is 9.31. The first kappa shape index (κ1) is 11.8. The lowest BCUT2D eigenvalue weighted by atomic mass is 10.2. The SMILES string of the molecule is CC(O)Cc1cnc(-c2ccccc2Br)s1. The lowest BCUT2D eigenvalue weighted by Crippen LogP contribution is -2.01. The number of aromatic nitrogens is 1. The summed E-state index contributed by atoms with van der Waals surface area (Å²) < 4.78 is 1.05. The monoisotopic (exact) mass is 297 g/mol. The largest absolute Gasteiger partial charge is 0.393 e. The van der Waals surface area contributed by atoms with E-state index in [9.17, 15) is 5.11 Å². The van der Waals surface area contributed by atoms with Gasteiger partial charge in [0.15, 0.2) is 0 Å². The lowest BCUT2D eigenvalue weighted by molar-refractivity contribution is 0.196. The maximum absolute atomic E-state index is 9.31. The van der Waals surface area contributed by atoms with E-state index in [1.165, 1.54) is 0 Å². The minimum absolute atomic E-state index is 0.312. The van der Waals surface area contributed by atoms with Gasteiger partial charge in [0, 0.05) is 27.5 Å². The molecule has 1 aromatic heterocycles. The van der Waals surface area contributed by atoms with E-state index in [4.69, 9.17) is 0 Å². The molecule has 0 aliphatic rings. The van der Waals surface area contributed by atoms with Crippen molar-refractivity contribution in [2.75, 3.05) is 0 Å². The maximum Gasteiger partial charge on any atom is 0.124 e. The molecule has 0 radical (unpaired) electrons. The van der Waals surface area contributed by atoms with Crippen LogP contribution in [0, 0.1) is 0 Å². The van der Waals surface area contributed by atoms with Gasteiger partial charge in [-0.2, -0.15) is 0 Å². The number of hydrogen-bond acceptors (Lipinski definition) is 3. The zero-order chi connectivity index (χ0) is 11.5. The van der Waals surface area contributed by atoms with Gasteiger partial charge in [-0.1, -0.05) is 34.1 Å². The summed E-state index contributed by atoms with van der Waals surface area (Å²) in [6.45, 7) is 1.79. The van der Waals surface area contributed by atoms with Crippen LogP contribution in [0.1, 0.15) is 11.8 Å². The molecule has 0 aliphatic heterocycles. The van der Waals surface area contributed by atoms with Gasteiger partial charge in [0.1, 0.15) is 5.01 Å². The van der Waals surface area contributed by atoms with Crippen LogP contribution in [0.15, 0.2) is 34.9 Å². The zero-order valence-electron chi connectivity index (χ0n) is 8.85. The first-order valence-electron chi connectivity index (χ1n) is 5.04. The second-order valence-electron chi connectivity index (χ2n) is 3.66. The van der Waals surface area contributed by atoms with Crippen molar-refractivity contribution in [1.82, 2.24) is 4.98 Å². The predicted molar refractivity (Wildman–Crippen MR) is 70.6 cm³/mol. The Hall–Kier alpha value is -0.710. The highest BCUT2D eigenvalue weighted by atomic mass is 79.9. The Morgan fingerprint density at radius 3 is 2.88 bits per heavy atom. The zero-order valence-corrected chi connectivity index (χ0v) is 11.3. The van der Waals surface area contributed by atoms with Crippen molar-refractivity contribution < 1.29 is 5.11 Å². The molecule has 1 N–H and O–H groups in total. The minimum Gasteiger partial charge on any atom is -0.393 e. The van der Waals surface area contributed by atoms with Gasteiger partial charge >= 0.3 is 0 Å². The van der Waals surface area contributed by atoms with Crippen LogP contribution in [-0.2, 0) is 6.42 Å². The highest BCUT2D eigenvalue weighted by molar-refractivity contribution is 9.10. The average Bonchev–Trinajstić information content (AvgIpc) is 2.66. The number of aliphatic hydroxyl groups is 1. The predicted octanol–water partition coefficient (Wildman–Crippen LogP) is 3.50. The Morgan fingerprint density at radius 1 is 1.44 bits per heavy atom. The molecule has 16 heavy (non-hydrogen) atoms. The molecule has 1 aromatic carbocycles. The molecule has 0 fully saturated rings. The van der Waals surface area contributed by atoms with E-state index in [0.717, 1.165) is 19.9 Å². The van der Waals surface area contributed by atoms with E-state index in [1.54, 1.807) is 18.3 Å². The molecule has 1 unspecified atom stereocenters. The quantitative estimate of drug-likeness (QED) is 0.941. The van der Waals surface area contributed by atoms with Crippen LogP contribution in [0.3, 0.4) is 0 Å². The summed E-state index contributed by atoms with van der Waals surface area (Å²) in [4.78, 5) is 5.49. The molecule has 0 saturated heterocycles. The molecule has 0 saturated carbocycles. The molecule has 0 amide bonds. The van der Waals surface area contributed by atoms with Gasteiger partial charge in [-0.05, 0) is 13.0 Å². The van der Waals surface area contributed by atoms with E-state index in [-0.39, 0.29) is 6.10 Å². The smallest absolute Gasteiger partial charge is 0.124 e. The van der Waals surface area contributed by atoms with Gasteiger partial charge in [-0.15, -0.1) is 11.3 Å². The van der Waals surface area contributed by atoms with Crippen LogP contribution in [0.4, 0.5) is 0 Å². The molecule has 2 nitrogen and oxygen atoms in total. The summed E-state index contributed by atoms with van der Waals surface area (Å²) in [6, 6.07) is 8.02. The second-order valence-corrected chi connectivity index (χ2v) is 5.63. The van der Waals surface area contributed by atoms with Gasteiger partial charge in [0.2, 0.25) is 0 Å². The van der Waals surface area contributed by atoms with Crippen LogP contribution < -0.4 is 0 Å². The van der Waals surface area contributed by atoms with Crippen molar-refractivity contribution in [3.63, 3.8) is 0 Å². The Morgan fingerprint density at radius 2 is 2.19 bits per heavy atom. The van der Waals surface area contributed by atoms with Crippen molar-refractivity contribution in [2.45, 2.75) is 19.4 Å². The van der Waals surface area contributed by atoms with Gasteiger partial charge in [0.25, 0.3) is 0 Å². The van der Waals surface area contributed by atoms with Crippen LogP contribution in [-0.4, -0.2) is 16.2 Å². The molecule has 4 heteroatoms. The number of rotatable bonds is 3. The Kier molecular flexibility index (Phi) is 3.74. The molecule has 0 bridgehead atoms. The standard InChI is InChI=1S/C12H12BrNOS/c1-8(15)6-9-7-14-12(16-9)10-4-2-3-5-11(10)13/h2-5,7-8,15H,6H2,1H3. The number of aliphatic hydroxyl groups excluding tert-OH is 1. The fourth-order valence-corrected chi connectivity index (χ4v) is 3.13. The molecule has 84 valence electrons. The van der Waals surface area contributed by atoms with E-state index >= 15 is 0 Å². The van der Waals surface area contributed by atoms with Gasteiger partial charge in [-0.3, -0.25) is 0 Å². The Balaban J connectivity index is 2.28. The first-order chi connectivity index (χ1) is 7.66. The third-order valence-corrected chi connectivity index (χ3v) is 3.90. The van der Waals surface area contributed by atoms with Crippen LogP contribution in [0.2, 0.25) is 0 Å². The van der Waals surface area contributed by atoms with Crippen molar-refractivity contribution in [1.29, 1.82) is 0 Å². The topological polar surface area (TPSA) is 33.1 Å². The van der Waals surface area contributed by atoms with Crippen molar-refractivity contribution >= 4 is 27.3 Å². The summed E-state index contributed by atoms with van der Waals surface area (Å²) in [5.74, 6) is 0.